The Bertz CT molecular complexity index is 653. The quantitative estimate of drug-likeness (QED) is 0.166. The summed E-state index contributed by atoms with van der Waals surface area (Å²) in [6.45, 7) is 10.4. The van der Waals surface area contributed by atoms with Gasteiger partial charge in [-0.25, -0.2) is 13.1 Å². The minimum Gasteiger partial charge on any atom is -0.355 e. The van der Waals surface area contributed by atoms with Crippen LogP contribution in [0.15, 0.2) is 34.4 Å². The molecule has 0 spiro atoms. The van der Waals surface area contributed by atoms with Gasteiger partial charge in [0.2, 0.25) is 10.0 Å². The number of hydrogen-bond donors (Lipinski definition) is 3. The molecule has 1 heterocycles. The third-order valence-electron chi connectivity index (χ3n) is 4.27. The Morgan fingerprint density at radius 2 is 2.00 bits per heavy atom. The Morgan fingerprint density at radius 1 is 1.29 bits per heavy atom. The normalized spacial score (nSPS) is 13.1. The third kappa shape index (κ3) is 10.5. The maximum absolute atomic E-state index is 12.1. The van der Waals surface area contributed by atoms with Crippen LogP contribution in [0.5, 0.6) is 0 Å². The molecule has 10 heteroatoms. The second-order valence-electron chi connectivity index (χ2n) is 6.30. The predicted molar refractivity (Wildman–Crippen MR) is 126 cm³/mol. The molecule has 3 N–H and O–H groups in total. The summed E-state index contributed by atoms with van der Waals surface area (Å²) in [6, 6.07) is 3.41. The molecule has 0 amide bonds. The van der Waals surface area contributed by atoms with Gasteiger partial charge in [0.25, 0.3) is 0 Å². The molecule has 0 saturated carbocycles. The van der Waals surface area contributed by atoms with Crippen molar-refractivity contribution in [2.45, 2.75) is 44.6 Å². The Labute approximate surface area is 187 Å². The van der Waals surface area contributed by atoms with Crippen molar-refractivity contribution in [2.24, 2.45) is 4.99 Å². The summed E-state index contributed by atoms with van der Waals surface area (Å²) in [7, 11) is -1.82. The van der Waals surface area contributed by atoms with Crippen molar-refractivity contribution in [3.8, 4) is 0 Å². The molecule has 0 aromatic carbocycles. The molecule has 1 aromatic rings. The third-order valence-corrected chi connectivity index (χ3v) is 5.71. The van der Waals surface area contributed by atoms with E-state index in [1.54, 1.807) is 19.3 Å². The topological polar surface area (TPSA) is 98.7 Å². The lowest BCUT2D eigenvalue weighted by Crippen LogP contribution is -2.45. The van der Waals surface area contributed by atoms with E-state index in [-0.39, 0.29) is 35.4 Å². The van der Waals surface area contributed by atoms with E-state index in [1.165, 1.54) is 12.3 Å². The molecule has 28 heavy (non-hydrogen) atoms. The number of nitrogens with one attached hydrogen (secondary N) is 3. The van der Waals surface area contributed by atoms with E-state index in [0.29, 0.717) is 18.5 Å². The molecule has 0 bridgehead atoms. The second-order valence-corrected chi connectivity index (χ2v) is 8.07. The van der Waals surface area contributed by atoms with Crippen molar-refractivity contribution in [1.82, 2.24) is 25.2 Å². The fourth-order valence-electron chi connectivity index (χ4n) is 2.62. The zero-order chi connectivity index (χ0) is 20.1. The molecular formula is C18H35IN6O2S. The van der Waals surface area contributed by atoms with Gasteiger partial charge >= 0.3 is 0 Å². The zero-order valence-corrected chi connectivity index (χ0v) is 20.5. The lowest BCUT2D eigenvalue weighted by atomic mass is 10.2. The van der Waals surface area contributed by atoms with Gasteiger partial charge in [0.05, 0.1) is 0 Å². The Hall–Kier alpha value is -0.980. The first-order valence-corrected chi connectivity index (χ1v) is 11.0. The largest absolute Gasteiger partial charge is 0.355 e. The second kappa shape index (κ2) is 14.9. The van der Waals surface area contributed by atoms with Gasteiger partial charge in [0.15, 0.2) is 5.96 Å². The minimum absolute atomic E-state index is 0. The molecule has 8 nitrogen and oxygen atoms in total. The van der Waals surface area contributed by atoms with E-state index >= 15 is 0 Å². The number of aliphatic imine (C=N–C) groups is 1. The SMILES string of the molecule is CCN(CC)CCCC(C)NC(=NC)NCCNS(=O)(=O)c1cccnc1.I. The molecule has 1 rings (SSSR count). The molecule has 162 valence electrons. The number of sulfonamides is 1. The van der Waals surface area contributed by atoms with Crippen molar-refractivity contribution >= 4 is 40.0 Å². The van der Waals surface area contributed by atoms with Crippen LogP contribution < -0.4 is 15.4 Å². The summed E-state index contributed by atoms with van der Waals surface area (Å²) in [6.07, 6.45) is 5.04. The average molecular weight is 526 g/mol. The van der Waals surface area contributed by atoms with Crippen LogP contribution in [0, 0.1) is 0 Å². The van der Waals surface area contributed by atoms with E-state index in [0.717, 1.165) is 32.5 Å². The molecule has 0 aliphatic heterocycles. The van der Waals surface area contributed by atoms with Crippen molar-refractivity contribution < 1.29 is 8.42 Å². The van der Waals surface area contributed by atoms with Crippen molar-refractivity contribution in [3.05, 3.63) is 24.5 Å². The first-order chi connectivity index (χ1) is 12.9. The first kappa shape index (κ1) is 27.0. The van der Waals surface area contributed by atoms with E-state index in [4.69, 9.17) is 0 Å². The molecule has 0 radical (unpaired) electrons. The molecule has 0 saturated heterocycles. The highest BCUT2D eigenvalue weighted by atomic mass is 127. The van der Waals surface area contributed by atoms with Crippen LogP contribution in [-0.4, -0.2) is 70.1 Å². The summed E-state index contributed by atoms with van der Waals surface area (Å²) in [4.78, 5) is 10.6. The maximum atomic E-state index is 12.1. The summed E-state index contributed by atoms with van der Waals surface area (Å²) in [5.74, 6) is 0.672. The smallest absolute Gasteiger partial charge is 0.242 e. The van der Waals surface area contributed by atoms with Gasteiger partial charge in [-0.2, -0.15) is 0 Å². The van der Waals surface area contributed by atoms with E-state index in [2.05, 4.69) is 51.0 Å². The Balaban J connectivity index is 0.00000729. The van der Waals surface area contributed by atoms with Crippen molar-refractivity contribution in [2.75, 3.05) is 39.8 Å². The van der Waals surface area contributed by atoms with Gasteiger partial charge in [0, 0.05) is 38.6 Å². The average Bonchev–Trinajstić information content (AvgIpc) is 2.68. The van der Waals surface area contributed by atoms with Gasteiger partial charge in [-0.15, -0.1) is 24.0 Å². The molecule has 1 aromatic heterocycles. The van der Waals surface area contributed by atoms with Gasteiger partial charge in [-0.3, -0.25) is 9.98 Å². The lowest BCUT2D eigenvalue weighted by Gasteiger charge is -2.21. The molecule has 1 atom stereocenters. The Morgan fingerprint density at radius 3 is 2.57 bits per heavy atom. The monoisotopic (exact) mass is 526 g/mol. The van der Waals surface area contributed by atoms with Crippen LogP contribution in [0.3, 0.4) is 0 Å². The van der Waals surface area contributed by atoms with Crippen LogP contribution in [-0.2, 0) is 10.0 Å². The lowest BCUT2D eigenvalue weighted by molar-refractivity contribution is 0.292. The summed E-state index contributed by atoms with van der Waals surface area (Å²) in [5.41, 5.74) is 0. The number of guanidine groups is 1. The molecule has 0 aliphatic carbocycles. The van der Waals surface area contributed by atoms with Crippen LogP contribution in [0.25, 0.3) is 0 Å². The van der Waals surface area contributed by atoms with E-state index < -0.39 is 10.0 Å². The maximum Gasteiger partial charge on any atom is 0.242 e. The number of hydrogen-bond acceptors (Lipinski definition) is 5. The van der Waals surface area contributed by atoms with Crippen LogP contribution >= 0.6 is 24.0 Å². The highest BCUT2D eigenvalue weighted by Gasteiger charge is 2.13. The van der Waals surface area contributed by atoms with Crippen LogP contribution in [0.4, 0.5) is 0 Å². The minimum atomic E-state index is -3.53. The summed E-state index contributed by atoms with van der Waals surface area (Å²) in [5, 5.41) is 6.47. The Kier molecular flexibility index (Phi) is 14.4. The molecule has 0 aliphatic rings. The molecule has 1 unspecified atom stereocenters. The number of pyridine rings is 1. The standard InChI is InChI=1S/C18H34N6O2S.HI/c1-5-24(6-2)14-8-9-16(3)23-18(19-4)21-12-13-22-27(25,26)17-10-7-11-20-15-17;/h7,10-11,15-16,22H,5-6,8-9,12-14H2,1-4H3,(H2,19,21,23);1H. The van der Waals surface area contributed by atoms with Crippen molar-refractivity contribution in [1.29, 1.82) is 0 Å². The van der Waals surface area contributed by atoms with E-state index in [9.17, 15) is 8.42 Å². The van der Waals surface area contributed by atoms with Gasteiger partial charge in [-0.05, 0) is 51.5 Å². The first-order valence-electron chi connectivity index (χ1n) is 9.52. The van der Waals surface area contributed by atoms with Crippen LogP contribution in [0.2, 0.25) is 0 Å². The zero-order valence-electron chi connectivity index (χ0n) is 17.3. The molecule has 0 fully saturated rings. The van der Waals surface area contributed by atoms with Gasteiger partial charge < -0.3 is 15.5 Å². The number of rotatable bonds is 12. The van der Waals surface area contributed by atoms with Crippen molar-refractivity contribution in [3.63, 3.8) is 0 Å². The van der Waals surface area contributed by atoms with E-state index in [1.807, 2.05) is 0 Å². The van der Waals surface area contributed by atoms with Crippen LogP contribution in [0.1, 0.15) is 33.6 Å². The number of nitrogens with zero attached hydrogens (tertiary/aromatic N) is 3. The predicted octanol–water partition coefficient (Wildman–Crippen LogP) is 1.65. The number of halogens is 1. The van der Waals surface area contributed by atoms with Gasteiger partial charge in [0.1, 0.15) is 4.90 Å². The van der Waals surface area contributed by atoms with Gasteiger partial charge in [-0.1, -0.05) is 13.8 Å². The summed E-state index contributed by atoms with van der Waals surface area (Å²) < 4.78 is 26.8. The summed E-state index contributed by atoms with van der Waals surface area (Å²) >= 11 is 0. The highest BCUT2D eigenvalue weighted by Crippen LogP contribution is 2.04. The number of aromatic nitrogens is 1. The molecular weight excluding hydrogens is 491 g/mol. The fourth-order valence-corrected chi connectivity index (χ4v) is 3.61. The highest BCUT2D eigenvalue weighted by molar-refractivity contribution is 14.0. The fraction of sp³-hybridized carbons (Fsp3) is 0.667.